The van der Waals surface area contributed by atoms with E-state index in [4.69, 9.17) is 0 Å². The molecule has 2 amide bonds. The fraction of sp³-hybridized carbons (Fsp3) is 0.300. The first-order chi connectivity index (χ1) is 12.7. The summed E-state index contributed by atoms with van der Waals surface area (Å²) in [5, 5.41) is 2.94. The number of sulfone groups is 1. The van der Waals surface area contributed by atoms with E-state index in [2.05, 4.69) is 5.32 Å². The van der Waals surface area contributed by atoms with Crippen molar-refractivity contribution in [1.29, 1.82) is 0 Å². The van der Waals surface area contributed by atoms with E-state index in [1.807, 2.05) is 12.1 Å². The summed E-state index contributed by atoms with van der Waals surface area (Å²) in [4.78, 5) is 26.3. The number of hydrogen-bond donors (Lipinski definition) is 1. The van der Waals surface area contributed by atoms with Crippen LogP contribution in [0.15, 0.2) is 53.4 Å². The van der Waals surface area contributed by atoms with Crippen molar-refractivity contribution in [1.82, 2.24) is 10.2 Å². The lowest BCUT2D eigenvalue weighted by Gasteiger charge is -2.17. The monoisotopic (exact) mass is 386 g/mol. The van der Waals surface area contributed by atoms with Crippen molar-refractivity contribution in [3.8, 4) is 0 Å². The number of rotatable bonds is 6. The van der Waals surface area contributed by atoms with Gasteiger partial charge in [0.1, 0.15) is 0 Å². The lowest BCUT2D eigenvalue weighted by Crippen LogP contribution is -2.27. The molecule has 27 heavy (non-hydrogen) atoms. The minimum atomic E-state index is -3.29. The average molecular weight is 386 g/mol. The second-order valence-corrected chi connectivity index (χ2v) is 8.92. The Labute approximate surface area is 159 Å². The van der Waals surface area contributed by atoms with Crippen LogP contribution in [0, 0.1) is 0 Å². The van der Waals surface area contributed by atoms with Gasteiger partial charge < -0.3 is 10.2 Å². The van der Waals surface area contributed by atoms with E-state index in [9.17, 15) is 18.0 Å². The summed E-state index contributed by atoms with van der Waals surface area (Å²) in [6.07, 6.45) is 3.22. The van der Waals surface area contributed by atoms with Gasteiger partial charge >= 0.3 is 0 Å². The van der Waals surface area contributed by atoms with Crippen LogP contribution in [-0.4, -0.2) is 44.5 Å². The third-order valence-corrected chi connectivity index (χ3v) is 5.55. The minimum absolute atomic E-state index is 0.0700. The Morgan fingerprint density at radius 2 is 1.56 bits per heavy atom. The molecule has 1 aliphatic carbocycles. The number of carbonyl (C=O) groups excluding carboxylic acids is 2. The van der Waals surface area contributed by atoms with E-state index in [0.29, 0.717) is 23.7 Å². The highest BCUT2D eigenvalue weighted by Crippen LogP contribution is 2.19. The molecule has 0 atom stereocenters. The van der Waals surface area contributed by atoms with Gasteiger partial charge in [-0.2, -0.15) is 0 Å². The Hall–Kier alpha value is -2.67. The van der Waals surface area contributed by atoms with Gasteiger partial charge in [-0.25, -0.2) is 8.42 Å². The maximum absolute atomic E-state index is 12.5. The largest absolute Gasteiger partial charge is 0.349 e. The van der Waals surface area contributed by atoms with Gasteiger partial charge in [-0.15, -0.1) is 0 Å². The molecular weight excluding hydrogens is 364 g/mol. The summed E-state index contributed by atoms with van der Waals surface area (Å²) in [6.45, 7) is 0.386. The number of benzene rings is 2. The maximum atomic E-state index is 12.5. The van der Waals surface area contributed by atoms with Crippen LogP contribution < -0.4 is 5.32 Å². The summed E-state index contributed by atoms with van der Waals surface area (Å²) in [7, 11) is -1.61. The van der Waals surface area contributed by atoms with Gasteiger partial charge in [-0.3, -0.25) is 9.59 Å². The smallest absolute Gasteiger partial charge is 0.253 e. The third-order valence-electron chi connectivity index (χ3n) is 4.42. The Kier molecular flexibility index (Phi) is 5.32. The van der Waals surface area contributed by atoms with Crippen molar-refractivity contribution >= 4 is 21.7 Å². The Balaban J connectivity index is 1.62. The van der Waals surface area contributed by atoms with E-state index < -0.39 is 9.84 Å². The van der Waals surface area contributed by atoms with Gasteiger partial charge in [-0.05, 0) is 54.8 Å². The molecule has 0 spiro atoms. The zero-order valence-corrected chi connectivity index (χ0v) is 16.1. The lowest BCUT2D eigenvalue weighted by atomic mass is 10.1. The van der Waals surface area contributed by atoms with E-state index in [0.717, 1.165) is 24.7 Å². The standard InChI is InChI=1S/C20H22N2O4S/c1-22(20(24)16-7-11-18(12-8-16)27(2,25)26)13-14-3-5-15(6-4-14)19(23)21-17-9-10-17/h3-8,11-12,17H,9-10,13H2,1-2H3,(H,21,23). The van der Waals surface area contributed by atoms with Gasteiger partial charge in [0.25, 0.3) is 11.8 Å². The molecule has 2 aromatic carbocycles. The molecule has 0 heterocycles. The Morgan fingerprint density at radius 3 is 2.07 bits per heavy atom. The highest BCUT2D eigenvalue weighted by atomic mass is 32.2. The number of nitrogens with one attached hydrogen (secondary N) is 1. The number of carbonyl (C=O) groups is 2. The molecule has 1 saturated carbocycles. The van der Waals surface area contributed by atoms with Gasteiger partial charge in [0, 0.05) is 37.0 Å². The fourth-order valence-corrected chi connectivity index (χ4v) is 3.30. The van der Waals surface area contributed by atoms with E-state index in [1.165, 1.54) is 24.3 Å². The van der Waals surface area contributed by atoms with Gasteiger partial charge in [0.2, 0.25) is 0 Å². The molecule has 0 bridgehead atoms. The summed E-state index contributed by atoms with van der Waals surface area (Å²) in [5.74, 6) is -0.273. The molecule has 0 saturated heterocycles. The summed E-state index contributed by atoms with van der Waals surface area (Å²) in [6, 6.07) is 13.4. The normalized spacial score (nSPS) is 13.9. The van der Waals surface area contributed by atoms with Gasteiger partial charge in [0.15, 0.2) is 9.84 Å². The van der Waals surface area contributed by atoms with Crippen molar-refractivity contribution in [3.63, 3.8) is 0 Å². The third kappa shape index (κ3) is 4.95. The second kappa shape index (κ2) is 7.52. The summed E-state index contributed by atoms with van der Waals surface area (Å²) in [5.41, 5.74) is 1.93. The zero-order chi connectivity index (χ0) is 19.6. The maximum Gasteiger partial charge on any atom is 0.253 e. The molecule has 7 heteroatoms. The highest BCUT2D eigenvalue weighted by molar-refractivity contribution is 7.90. The molecule has 0 aromatic heterocycles. The topological polar surface area (TPSA) is 83.6 Å². The SMILES string of the molecule is CN(Cc1ccc(C(=O)NC2CC2)cc1)C(=O)c1ccc(S(C)(=O)=O)cc1. The molecule has 0 aliphatic heterocycles. The first kappa shape index (κ1) is 19.1. The van der Waals surface area contributed by atoms with Crippen molar-refractivity contribution in [3.05, 3.63) is 65.2 Å². The van der Waals surface area contributed by atoms with Crippen LogP contribution in [0.1, 0.15) is 39.1 Å². The number of hydrogen-bond acceptors (Lipinski definition) is 4. The number of nitrogens with zero attached hydrogens (tertiary/aromatic N) is 1. The first-order valence-corrected chi connectivity index (χ1v) is 10.6. The van der Waals surface area contributed by atoms with E-state index >= 15 is 0 Å². The molecule has 1 N–H and O–H groups in total. The minimum Gasteiger partial charge on any atom is -0.349 e. The van der Waals surface area contributed by atoms with E-state index in [1.54, 1.807) is 24.1 Å². The predicted molar refractivity (Wildman–Crippen MR) is 102 cm³/mol. The zero-order valence-electron chi connectivity index (χ0n) is 15.3. The molecule has 1 aliphatic rings. The molecule has 1 fully saturated rings. The van der Waals surface area contributed by atoms with Crippen LogP contribution in [0.2, 0.25) is 0 Å². The van der Waals surface area contributed by atoms with Crippen LogP contribution in [0.5, 0.6) is 0 Å². The molecular formula is C20H22N2O4S. The van der Waals surface area contributed by atoms with Gasteiger partial charge in [0.05, 0.1) is 4.90 Å². The number of amides is 2. The van der Waals surface area contributed by atoms with Crippen LogP contribution in [0.25, 0.3) is 0 Å². The summed E-state index contributed by atoms with van der Waals surface area (Å²) < 4.78 is 23.0. The van der Waals surface area contributed by atoms with E-state index in [-0.39, 0.29) is 16.7 Å². The first-order valence-electron chi connectivity index (χ1n) is 8.69. The van der Waals surface area contributed by atoms with Crippen LogP contribution in [-0.2, 0) is 16.4 Å². The molecule has 2 aromatic rings. The molecule has 3 rings (SSSR count). The fourth-order valence-electron chi connectivity index (χ4n) is 2.67. The predicted octanol–water partition coefficient (Wildman–Crippen LogP) is 2.25. The summed E-state index contributed by atoms with van der Waals surface area (Å²) >= 11 is 0. The lowest BCUT2D eigenvalue weighted by molar-refractivity contribution is 0.0784. The van der Waals surface area contributed by atoms with Crippen LogP contribution in [0.3, 0.4) is 0 Å². The Bertz CT molecular complexity index is 946. The van der Waals surface area contributed by atoms with Crippen LogP contribution in [0.4, 0.5) is 0 Å². The van der Waals surface area contributed by atoms with Crippen molar-refractivity contribution < 1.29 is 18.0 Å². The molecule has 6 nitrogen and oxygen atoms in total. The van der Waals surface area contributed by atoms with Gasteiger partial charge in [-0.1, -0.05) is 12.1 Å². The quantitative estimate of drug-likeness (QED) is 0.825. The average Bonchev–Trinajstić information content (AvgIpc) is 3.45. The van der Waals surface area contributed by atoms with Crippen LogP contribution >= 0.6 is 0 Å². The molecule has 0 radical (unpaired) electrons. The van der Waals surface area contributed by atoms with Crippen molar-refractivity contribution in [2.24, 2.45) is 0 Å². The molecule has 0 unspecified atom stereocenters. The highest BCUT2D eigenvalue weighted by Gasteiger charge is 2.23. The second-order valence-electron chi connectivity index (χ2n) is 6.90. The molecule has 142 valence electrons. The van der Waals surface area contributed by atoms with Crippen molar-refractivity contribution in [2.75, 3.05) is 13.3 Å². The Morgan fingerprint density at radius 1 is 1.00 bits per heavy atom. The van der Waals surface area contributed by atoms with Crippen molar-refractivity contribution in [2.45, 2.75) is 30.3 Å².